The number of aliphatic carboxylic acids is 1. The van der Waals surface area contributed by atoms with E-state index in [9.17, 15) is 9.59 Å². The highest BCUT2D eigenvalue weighted by Crippen LogP contribution is 2.15. The van der Waals surface area contributed by atoms with Crippen molar-refractivity contribution in [2.24, 2.45) is 0 Å². The van der Waals surface area contributed by atoms with E-state index in [1.54, 1.807) is 24.4 Å². The second kappa shape index (κ2) is 6.12. The fourth-order valence-corrected chi connectivity index (χ4v) is 1.84. The summed E-state index contributed by atoms with van der Waals surface area (Å²) in [6.45, 7) is -0.103. The molecule has 0 fully saturated rings. The van der Waals surface area contributed by atoms with Crippen LogP contribution >= 0.6 is 0 Å². The molecule has 0 radical (unpaired) electrons. The first-order valence-corrected chi connectivity index (χ1v) is 6.01. The summed E-state index contributed by atoms with van der Waals surface area (Å²) in [6, 6.07) is 8.90. The lowest BCUT2D eigenvalue weighted by Gasteiger charge is -2.12. The number of nitrogens with one attached hydrogen (secondary N) is 1. The highest BCUT2D eigenvalue weighted by atomic mass is 16.5. The molecule has 0 spiro atoms. The number of rotatable bonds is 5. The molecule has 2 rings (SSSR count). The number of fused-ring (bicyclic) bond motifs is 1. The molecule has 1 aromatic heterocycles. The molecular weight excluding hydrogens is 260 g/mol. The Kier molecular flexibility index (Phi) is 4.27. The zero-order valence-corrected chi connectivity index (χ0v) is 10.9. The maximum Gasteiger partial charge on any atom is 0.334 e. The fourth-order valence-electron chi connectivity index (χ4n) is 1.84. The molecule has 2 aromatic rings. The summed E-state index contributed by atoms with van der Waals surface area (Å²) in [4.78, 5) is 27.1. The van der Waals surface area contributed by atoms with E-state index in [4.69, 9.17) is 9.84 Å². The van der Waals surface area contributed by atoms with Crippen LogP contribution in [0.2, 0.25) is 0 Å². The second-order valence-electron chi connectivity index (χ2n) is 4.15. The average molecular weight is 274 g/mol. The zero-order valence-electron chi connectivity index (χ0n) is 10.9. The summed E-state index contributed by atoms with van der Waals surface area (Å²) < 4.78 is 4.76. The van der Waals surface area contributed by atoms with Crippen molar-refractivity contribution in [3.05, 3.63) is 42.1 Å². The minimum absolute atomic E-state index is 0.103. The van der Waals surface area contributed by atoms with E-state index in [1.165, 1.54) is 7.11 Å². The molecule has 0 saturated carbocycles. The lowest BCUT2D eigenvalue weighted by Crippen LogP contribution is -2.37. The van der Waals surface area contributed by atoms with Gasteiger partial charge in [0.1, 0.15) is 0 Å². The molecule has 1 aromatic carbocycles. The smallest absolute Gasteiger partial charge is 0.334 e. The molecule has 0 aliphatic rings. The number of amides is 1. The first kappa shape index (κ1) is 14.0. The van der Waals surface area contributed by atoms with Crippen LogP contribution < -0.4 is 5.32 Å². The molecule has 0 saturated heterocycles. The monoisotopic (exact) mass is 274 g/mol. The summed E-state index contributed by atoms with van der Waals surface area (Å²) in [5, 5.41) is 12.2. The molecule has 6 nitrogen and oxygen atoms in total. The molecule has 1 unspecified atom stereocenters. The van der Waals surface area contributed by atoms with Crippen LogP contribution in [0.5, 0.6) is 0 Å². The molecule has 6 heteroatoms. The minimum Gasteiger partial charge on any atom is -0.479 e. The maximum absolute atomic E-state index is 12.1. The van der Waals surface area contributed by atoms with E-state index in [2.05, 4.69) is 10.3 Å². The predicted octanol–water partition coefficient (Wildman–Crippen LogP) is 1.06. The first-order chi connectivity index (χ1) is 9.63. The molecule has 0 aliphatic carbocycles. The van der Waals surface area contributed by atoms with E-state index in [0.29, 0.717) is 11.1 Å². The van der Waals surface area contributed by atoms with Crippen molar-refractivity contribution in [1.29, 1.82) is 0 Å². The maximum atomic E-state index is 12.1. The number of carboxylic acids is 1. The minimum atomic E-state index is -1.12. The van der Waals surface area contributed by atoms with Gasteiger partial charge in [-0.05, 0) is 12.1 Å². The van der Waals surface area contributed by atoms with Crippen molar-refractivity contribution >= 4 is 22.8 Å². The van der Waals surface area contributed by atoms with Crippen molar-refractivity contribution in [3.63, 3.8) is 0 Å². The van der Waals surface area contributed by atoms with Crippen LogP contribution in [0.1, 0.15) is 10.4 Å². The summed E-state index contributed by atoms with van der Waals surface area (Å²) in [7, 11) is 1.28. The van der Waals surface area contributed by atoms with Crippen molar-refractivity contribution in [2.75, 3.05) is 13.7 Å². The van der Waals surface area contributed by atoms with Gasteiger partial charge in [-0.25, -0.2) is 4.79 Å². The van der Waals surface area contributed by atoms with Crippen LogP contribution in [0.3, 0.4) is 0 Å². The second-order valence-corrected chi connectivity index (χ2v) is 4.15. The van der Waals surface area contributed by atoms with E-state index >= 15 is 0 Å². The van der Waals surface area contributed by atoms with Crippen molar-refractivity contribution in [3.8, 4) is 0 Å². The van der Waals surface area contributed by atoms with Gasteiger partial charge in [0.05, 0.1) is 17.6 Å². The van der Waals surface area contributed by atoms with Crippen LogP contribution in [0, 0.1) is 0 Å². The Hall–Kier alpha value is -2.47. The van der Waals surface area contributed by atoms with Gasteiger partial charge in [-0.1, -0.05) is 18.2 Å². The highest BCUT2D eigenvalue weighted by molar-refractivity contribution is 6.05. The molecule has 1 atom stereocenters. The number of carboxylic acid groups (broad SMARTS) is 1. The number of carbonyl (C=O) groups excluding carboxylic acids is 1. The number of methoxy groups -OCH3 is 1. The number of para-hydroxylation sites is 1. The molecule has 1 amide bonds. The van der Waals surface area contributed by atoms with Crippen molar-refractivity contribution in [2.45, 2.75) is 6.10 Å². The summed E-state index contributed by atoms with van der Waals surface area (Å²) in [5.41, 5.74) is 0.986. The average Bonchev–Trinajstić information content (AvgIpc) is 2.46. The van der Waals surface area contributed by atoms with Crippen molar-refractivity contribution < 1.29 is 19.4 Å². The molecular formula is C14H14N2O4. The van der Waals surface area contributed by atoms with Gasteiger partial charge in [-0.2, -0.15) is 0 Å². The molecule has 20 heavy (non-hydrogen) atoms. The van der Waals surface area contributed by atoms with E-state index in [1.807, 2.05) is 12.1 Å². The summed E-state index contributed by atoms with van der Waals surface area (Å²) in [5.74, 6) is -1.50. The lowest BCUT2D eigenvalue weighted by molar-refractivity contribution is -0.148. The van der Waals surface area contributed by atoms with Gasteiger partial charge in [0.15, 0.2) is 6.10 Å². The molecule has 0 bridgehead atoms. The Morgan fingerprint density at radius 2 is 2.10 bits per heavy atom. The van der Waals surface area contributed by atoms with Gasteiger partial charge < -0.3 is 15.2 Å². The fraction of sp³-hybridized carbons (Fsp3) is 0.214. The Labute approximate surface area is 115 Å². The normalized spacial score (nSPS) is 12.1. The number of hydrogen-bond donors (Lipinski definition) is 2. The van der Waals surface area contributed by atoms with Gasteiger partial charge in [0.25, 0.3) is 5.91 Å². The summed E-state index contributed by atoms with van der Waals surface area (Å²) >= 11 is 0. The van der Waals surface area contributed by atoms with E-state index < -0.39 is 12.1 Å². The van der Waals surface area contributed by atoms with Crippen LogP contribution in [0.15, 0.2) is 36.5 Å². The number of benzene rings is 1. The first-order valence-electron chi connectivity index (χ1n) is 6.01. The van der Waals surface area contributed by atoms with Crippen LogP contribution in [-0.4, -0.2) is 41.7 Å². The molecule has 0 aliphatic heterocycles. The Morgan fingerprint density at radius 3 is 2.80 bits per heavy atom. The van der Waals surface area contributed by atoms with Crippen molar-refractivity contribution in [1.82, 2.24) is 10.3 Å². The van der Waals surface area contributed by atoms with Gasteiger partial charge in [-0.3, -0.25) is 9.78 Å². The SMILES string of the molecule is COC(CNC(=O)c1cccc2cccnc12)C(=O)O. The van der Waals surface area contributed by atoms with Crippen LogP contribution in [0.25, 0.3) is 10.9 Å². The third-order valence-corrected chi connectivity index (χ3v) is 2.89. The van der Waals surface area contributed by atoms with Gasteiger partial charge >= 0.3 is 5.97 Å². The Balaban J connectivity index is 2.18. The van der Waals surface area contributed by atoms with Gasteiger partial charge in [0, 0.05) is 18.7 Å². The predicted molar refractivity (Wildman–Crippen MR) is 72.5 cm³/mol. The molecule has 2 N–H and O–H groups in total. The van der Waals surface area contributed by atoms with Gasteiger partial charge in [-0.15, -0.1) is 0 Å². The number of aromatic nitrogens is 1. The highest BCUT2D eigenvalue weighted by Gasteiger charge is 2.18. The Morgan fingerprint density at radius 1 is 1.35 bits per heavy atom. The molecule has 104 valence electrons. The zero-order chi connectivity index (χ0) is 14.5. The lowest BCUT2D eigenvalue weighted by atomic mass is 10.1. The number of carbonyl (C=O) groups is 2. The largest absolute Gasteiger partial charge is 0.479 e. The topological polar surface area (TPSA) is 88.5 Å². The number of nitrogens with zero attached hydrogens (tertiary/aromatic N) is 1. The standard InChI is InChI=1S/C14H14N2O4/c1-20-11(14(18)19)8-16-13(17)10-6-2-4-9-5-3-7-15-12(9)10/h2-7,11H,8H2,1H3,(H,16,17)(H,18,19). The van der Waals surface area contributed by atoms with Crippen LogP contribution in [-0.2, 0) is 9.53 Å². The number of hydrogen-bond acceptors (Lipinski definition) is 4. The molecule has 1 heterocycles. The third-order valence-electron chi connectivity index (χ3n) is 2.89. The summed E-state index contributed by atoms with van der Waals surface area (Å²) in [6.07, 6.45) is 0.538. The van der Waals surface area contributed by atoms with E-state index in [-0.39, 0.29) is 12.5 Å². The number of pyridine rings is 1. The third kappa shape index (κ3) is 2.92. The van der Waals surface area contributed by atoms with Crippen LogP contribution in [0.4, 0.5) is 0 Å². The Bertz CT molecular complexity index is 637. The number of ether oxygens (including phenoxy) is 1. The quantitative estimate of drug-likeness (QED) is 0.851. The van der Waals surface area contributed by atoms with E-state index in [0.717, 1.165) is 5.39 Å². The van der Waals surface area contributed by atoms with Gasteiger partial charge in [0.2, 0.25) is 0 Å².